The van der Waals surface area contributed by atoms with Crippen LogP contribution in [0.1, 0.15) is 26.7 Å². The van der Waals surface area contributed by atoms with Crippen LogP contribution < -0.4 is 15.4 Å². The molecule has 3 N–H and O–H groups in total. The summed E-state index contributed by atoms with van der Waals surface area (Å²) in [5.41, 5.74) is 6.46. The maximum Gasteiger partial charge on any atom is 0.144 e. The third-order valence-electron chi connectivity index (χ3n) is 3.59. The molecule has 1 rings (SSSR count). The van der Waals surface area contributed by atoms with Gasteiger partial charge in [-0.1, -0.05) is 31.1 Å². The highest BCUT2D eigenvalue weighted by atomic mass is 16.5. The number of nitrogens with zero attached hydrogens (tertiary/aromatic N) is 2. The number of hydrogen-bond donors (Lipinski definition) is 2. The maximum absolute atomic E-state index is 8.76. The molecule has 5 heteroatoms. The van der Waals surface area contributed by atoms with Gasteiger partial charge in [-0.25, -0.2) is 0 Å². The van der Waals surface area contributed by atoms with Crippen LogP contribution in [0.2, 0.25) is 0 Å². The number of nitrogens with two attached hydrogens (primary N) is 1. The molecule has 0 unspecified atom stereocenters. The molecule has 0 saturated heterocycles. The van der Waals surface area contributed by atoms with E-state index in [1.807, 2.05) is 45.2 Å². The number of anilines is 1. The summed E-state index contributed by atoms with van der Waals surface area (Å²) < 4.78 is 5.36. The fourth-order valence-corrected chi connectivity index (χ4v) is 2.09. The molecule has 0 saturated carbocycles. The molecule has 0 fully saturated rings. The molecule has 0 heterocycles. The van der Waals surface area contributed by atoms with Crippen molar-refractivity contribution in [2.45, 2.75) is 26.7 Å². The number of benzene rings is 1. The Bertz CT molecular complexity index is 458. The van der Waals surface area contributed by atoms with E-state index in [9.17, 15) is 0 Å². The summed E-state index contributed by atoms with van der Waals surface area (Å²) in [5, 5.41) is 11.9. The second kappa shape index (κ2) is 7.03. The molecular formula is C15H25N3O2. The Kier molecular flexibility index (Phi) is 5.67. The SMILES string of the molecule is COc1ccccc1N(C)CCCC(C)(C)C(N)=NO. The first-order chi connectivity index (χ1) is 9.42. The lowest BCUT2D eigenvalue weighted by Gasteiger charge is -2.26. The fraction of sp³-hybridized carbons (Fsp3) is 0.533. The van der Waals surface area contributed by atoms with Crippen molar-refractivity contribution in [3.8, 4) is 5.75 Å². The first-order valence-electron chi connectivity index (χ1n) is 6.74. The number of oxime groups is 1. The lowest BCUT2D eigenvalue weighted by Crippen LogP contribution is -2.33. The van der Waals surface area contributed by atoms with Crippen LogP contribution >= 0.6 is 0 Å². The Labute approximate surface area is 121 Å². The van der Waals surface area contributed by atoms with E-state index in [1.165, 1.54) is 0 Å². The molecule has 0 atom stereocenters. The molecule has 0 aliphatic rings. The zero-order valence-electron chi connectivity index (χ0n) is 12.8. The number of rotatable bonds is 7. The third kappa shape index (κ3) is 4.05. The van der Waals surface area contributed by atoms with Gasteiger partial charge in [0, 0.05) is 19.0 Å². The van der Waals surface area contributed by atoms with Gasteiger partial charge in [-0.2, -0.15) is 0 Å². The van der Waals surface area contributed by atoms with Crippen LogP contribution in [0.25, 0.3) is 0 Å². The van der Waals surface area contributed by atoms with E-state index >= 15 is 0 Å². The van der Waals surface area contributed by atoms with E-state index in [0.717, 1.165) is 30.8 Å². The predicted octanol–water partition coefficient (Wildman–Crippen LogP) is 2.68. The average molecular weight is 279 g/mol. The van der Waals surface area contributed by atoms with E-state index in [0.29, 0.717) is 0 Å². The smallest absolute Gasteiger partial charge is 0.144 e. The molecule has 0 aliphatic heterocycles. The fourth-order valence-electron chi connectivity index (χ4n) is 2.09. The van der Waals surface area contributed by atoms with Crippen LogP contribution in [0.3, 0.4) is 0 Å². The van der Waals surface area contributed by atoms with E-state index in [1.54, 1.807) is 7.11 Å². The number of para-hydroxylation sites is 2. The van der Waals surface area contributed by atoms with Crippen molar-refractivity contribution in [3.05, 3.63) is 24.3 Å². The Hall–Kier alpha value is -1.91. The van der Waals surface area contributed by atoms with Crippen molar-refractivity contribution in [1.29, 1.82) is 0 Å². The van der Waals surface area contributed by atoms with Crippen molar-refractivity contribution in [2.75, 3.05) is 25.6 Å². The van der Waals surface area contributed by atoms with Crippen molar-refractivity contribution in [1.82, 2.24) is 0 Å². The van der Waals surface area contributed by atoms with E-state index in [4.69, 9.17) is 15.7 Å². The molecule has 112 valence electrons. The van der Waals surface area contributed by atoms with Gasteiger partial charge in [0.05, 0.1) is 12.8 Å². The zero-order valence-corrected chi connectivity index (χ0v) is 12.8. The average Bonchev–Trinajstić information content (AvgIpc) is 2.45. The molecule has 1 aromatic rings. The third-order valence-corrected chi connectivity index (χ3v) is 3.59. The summed E-state index contributed by atoms with van der Waals surface area (Å²) in [6, 6.07) is 7.94. The summed E-state index contributed by atoms with van der Waals surface area (Å²) >= 11 is 0. The van der Waals surface area contributed by atoms with Gasteiger partial charge in [0.1, 0.15) is 11.6 Å². The molecule has 0 spiro atoms. The van der Waals surface area contributed by atoms with Crippen molar-refractivity contribution >= 4 is 11.5 Å². The van der Waals surface area contributed by atoms with Gasteiger partial charge in [0.15, 0.2) is 0 Å². The highest BCUT2D eigenvalue weighted by Crippen LogP contribution is 2.28. The Morgan fingerprint density at radius 2 is 2.05 bits per heavy atom. The van der Waals surface area contributed by atoms with Gasteiger partial charge >= 0.3 is 0 Å². The lowest BCUT2D eigenvalue weighted by molar-refractivity contribution is 0.305. The van der Waals surface area contributed by atoms with Gasteiger partial charge in [-0.05, 0) is 25.0 Å². The topological polar surface area (TPSA) is 71.1 Å². The summed E-state index contributed by atoms with van der Waals surface area (Å²) in [7, 11) is 3.71. The van der Waals surface area contributed by atoms with Gasteiger partial charge < -0.3 is 20.6 Å². The summed E-state index contributed by atoms with van der Waals surface area (Å²) in [6.07, 6.45) is 1.79. The summed E-state index contributed by atoms with van der Waals surface area (Å²) in [4.78, 5) is 2.15. The Balaban J connectivity index is 2.58. The lowest BCUT2D eigenvalue weighted by atomic mass is 9.86. The van der Waals surface area contributed by atoms with Crippen molar-refractivity contribution in [2.24, 2.45) is 16.3 Å². The quantitative estimate of drug-likeness (QED) is 0.348. The van der Waals surface area contributed by atoms with Gasteiger partial charge in [0.2, 0.25) is 0 Å². The van der Waals surface area contributed by atoms with Gasteiger partial charge in [-0.3, -0.25) is 0 Å². The predicted molar refractivity (Wildman–Crippen MR) is 82.7 cm³/mol. The highest BCUT2D eigenvalue weighted by Gasteiger charge is 2.23. The van der Waals surface area contributed by atoms with Crippen LogP contribution in [0, 0.1) is 5.41 Å². The van der Waals surface area contributed by atoms with Crippen LogP contribution in [-0.4, -0.2) is 31.7 Å². The number of methoxy groups -OCH3 is 1. The standard InChI is InChI=1S/C15H25N3O2/c1-15(2,14(16)17-19)10-7-11-18(3)12-8-5-6-9-13(12)20-4/h5-6,8-9,19H,7,10-11H2,1-4H3,(H2,16,17). The summed E-state index contributed by atoms with van der Waals surface area (Å²) in [6.45, 7) is 4.83. The Morgan fingerprint density at radius 1 is 1.40 bits per heavy atom. The molecule has 0 aliphatic carbocycles. The van der Waals surface area contributed by atoms with Gasteiger partial charge in [-0.15, -0.1) is 0 Å². The zero-order chi connectivity index (χ0) is 15.2. The molecule has 0 radical (unpaired) electrons. The normalized spacial score (nSPS) is 12.3. The van der Waals surface area contributed by atoms with Crippen molar-refractivity contribution < 1.29 is 9.94 Å². The maximum atomic E-state index is 8.76. The second-order valence-electron chi connectivity index (χ2n) is 5.57. The van der Waals surface area contributed by atoms with Crippen LogP contribution in [0.4, 0.5) is 5.69 Å². The van der Waals surface area contributed by atoms with E-state index in [-0.39, 0.29) is 11.3 Å². The molecule has 5 nitrogen and oxygen atoms in total. The molecular weight excluding hydrogens is 254 g/mol. The number of hydrogen-bond acceptors (Lipinski definition) is 4. The molecule has 20 heavy (non-hydrogen) atoms. The molecule has 0 aromatic heterocycles. The van der Waals surface area contributed by atoms with Gasteiger partial charge in [0.25, 0.3) is 0 Å². The summed E-state index contributed by atoms with van der Waals surface area (Å²) in [5.74, 6) is 1.14. The van der Waals surface area contributed by atoms with Crippen LogP contribution in [0.5, 0.6) is 5.75 Å². The minimum Gasteiger partial charge on any atom is -0.495 e. The minimum atomic E-state index is -0.295. The molecule has 1 aromatic carbocycles. The van der Waals surface area contributed by atoms with E-state index < -0.39 is 0 Å². The largest absolute Gasteiger partial charge is 0.495 e. The Morgan fingerprint density at radius 3 is 2.65 bits per heavy atom. The first kappa shape index (κ1) is 16.1. The number of amidine groups is 1. The molecule has 0 bridgehead atoms. The first-order valence-corrected chi connectivity index (χ1v) is 6.74. The second-order valence-corrected chi connectivity index (χ2v) is 5.57. The monoisotopic (exact) mass is 279 g/mol. The van der Waals surface area contributed by atoms with Crippen LogP contribution in [0.15, 0.2) is 29.4 Å². The molecule has 0 amide bonds. The highest BCUT2D eigenvalue weighted by molar-refractivity contribution is 5.85. The van der Waals surface area contributed by atoms with Crippen molar-refractivity contribution in [3.63, 3.8) is 0 Å². The van der Waals surface area contributed by atoms with Crippen LogP contribution in [-0.2, 0) is 0 Å². The number of ether oxygens (including phenoxy) is 1. The van der Waals surface area contributed by atoms with E-state index in [2.05, 4.69) is 10.1 Å². The minimum absolute atomic E-state index is 0.275.